The molecule has 10 heteroatoms. The van der Waals surface area contributed by atoms with Crippen LogP contribution in [0.2, 0.25) is 0 Å². The third kappa shape index (κ3) is 4.41. The van der Waals surface area contributed by atoms with Gasteiger partial charge in [0, 0.05) is 0 Å². The van der Waals surface area contributed by atoms with E-state index in [9.17, 15) is 35.4 Å². The van der Waals surface area contributed by atoms with Crippen molar-refractivity contribution in [2.75, 3.05) is 6.61 Å². The summed E-state index contributed by atoms with van der Waals surface area (Å²) in [7, 11) is 0. The number of carbonyl (C=O) groups is 1. The molecule has 0 unspecified atom stereocenters. The zero-order valence-electron chi connectivity index (χ0n) is 11.8. The van der Waals surface area contributed by atoms with Crippen LogP contribution in [0.1, 0.15) is 6.92 Å². The van der Waals surface area contributed by atoms with Crippen LogP contribution in [0.4, 0.5) is 0 Å². The van der Waals surface area contributed by atoms with E-state index in [0.717, 1.165) is 0 Å². The van der Waals surface area contributed by atoms with Gasteiger partial charge >= 0.3 is 0 Å². The van der Waals surface area contributed by atoms with Crippen LogP contribution in [-0.4, -0.2) is 104 Å². The van der Waals surface area contributed by atoms with Crippen molar-refractivity contribution in [2.45, 2.75) is 62.0 Å². The molecule has 7 N–H and O–H groups in total. The number of rotatable bonds is 7. The van der Waals surface area contributed by atoms with Crippen molar-refractivity contribution >= 4 is 6.29 Å². The Bertz CT molecular complexity index is 353. The monoisotopic (exact) mass is 326 g/mol. The molecule has 0 amide bonds. The minimum atomic E-state index is -1.92. The lowest BCUT2D eigenvalue weighted by Gasteiger charge is -2.39. The maximum atomic E-state index is 10.3. The topological polar surface area (TPSA) is 177 Å². The van der Waals surface area contributed by atoms with Crippen molar-refractivity contribution in [2.24, 2.45) is 0 Å². The van der Waals surface area contributed by atoms with Crippen molar-refractivity contribution in [3.05, 3.63) is 0 Å². The van der Waals surface area contributed by atoms with Gasteiger partial charge in [0.1, 0.15) is 42.7 Å². The van der Waals surface area contributed by atoms with Gasteiger partial charge in [-0.05, 0) is 6.92 Å². The summed E-state index contributed by atoms with van der Waals surface area (Å²) in [4.78, 5) is 10.3. The van der Waals surface area contributed by atoms with Crippen molar-refractivity contribution in [3.8, 4) is 0 Å². The lowest BCUT2D eigenvalue weighted by atomic mass is 10.00. The summed E-state index contributed by atoms with van der Waals surface area (Å²) in [5.41, 5.74) is 0. The van der Waals surface area contributed by atoms with E-state index >= 15 is 0 Å². The van der Waals surface area contributed by atoms with E-state index in [0.29, 0.717) is 0 Å². The lowest BCUT2D eigenvalue weighted by Crippen LogP contribution is -2.58. The summed E-state index contributed by atoms with van der Waals surface area (Å²) < 4.78 is 10.1. The van der Waals surface area contributed by atoms with Gasteiger partial charge in [-0.1, -0.05) is 0 Å². The molecule has 10 nitrogen and oxygen atoms in total. The predicted octanol–water partition coefficient (Wildman–Crippen LogP) is -4.53. The van der Waals surface area contributed by atoms with E-state index < -0.39 is 61.7 Å². The molecule has 1 rings (SSSR count). The van der Waals surface area contributed by atoms with Crippen LogP contribution in [0.25, 0.3) is 0 Å². The third-order valence-corrected chi connectivity index (χ3v) is 3.47. The highest BCUT2D eigenvalue weighted by Gasteiger charge is 2.43. The number of aldehydes is 1. The number of hydrogen-bond acceptors (Lipinski definition) is 10. The summed E-state index contributed by atoms with van der Waals surface area (Å²) >= 11 is 0. The van der Waals surface area contributed by atoms with Crippen LogP contribution < -0.4 is 0 Å². The number of carbonyl (C=O) groups excluding carboxylic acids is 1. The summed E-state index contributed by atoms with van der Waals surface area (Å²) in [5, 5.41) is 66.3. The maximum Gasteiger partial charge on any atom is 0.186 e. The number of aliphatic hydroxyl groups is 7. The smallest absolute Gasteiger partial charge is 0.186 e. The van der Waals surface area contributed by atoms with Gasteiger partial charge < -0.3 is 50.0 Å². The van der Waals surface area contributed by atoms with E-state index in [-0.39, 0.29) is 6.29 Å². The average Bonchev–Trinajstić information content (AvgIpc) is 2.52. The molecule has 22 heavy (non-hydrogen) atoms. The molecule has 1 aliphatic rings. The third-order valence-electron chi connectivity index (χ3n) is 3.47. The molecule has 0 bridgehead atoms. The molecule has 0 aromatic rings. The van der Waals surface area contributed by atoms with Gasteiger partial charge in [-0.3, -0.25) is 0 Å². The Labute approximate surface area is 126 Å². The lowest BCUT2D eigenvalue weighted by molar-refractivity contribution is -0.299. The standard InChI is InChI=1S/C12H22O10/c1-4-7(16)10(19)11(20)12(22-4)21-3-6(15)9(18)8(17)5(14)2-13/h2,4-12,14-20H,3H2,1H3/t4-,5-,6+,7+,8-,9+,10+,11+,12-/m1/s1. The number of aliphatic hydroxyl groups excluding tert-OH is 7. The first kappa shape index (κ1) is 19.4. The highest BCUT2D eigenvalue weighted by atomic mass is 16.7. The number of ether oxygens (including phenoxy) is 2. The Balaban J connectivity index is 2.52. The van der Waals surface area contributed by atoms with Gasteiger partial charge in [-0.2, -0.15) is 0 Å². The number of hydrogen-bond donors (Lipinski definition) is 7. The van der Waals surface area contributed by atoms with Gasteiger partial charge in [0.15, 0.2) is 12.6 Å². The quantitative estimate of drug-likeness (QED) is 0.225. The molecule has 0 aromatic heterocycles. The molecule has 0 aliphatic carbocycles. The van der Waals surface area contributed by atoms with Gasteiger partial charge in [0.25, 0.3) is 0 Å². The van der Waals surface area contributed by atoms with E-state index in [4.69, 9.17) is 14.6 Å². The first-order valence-electron chi connectivity index (χ1n) is 6.69. The van der Waals surface area contributed by atoms with Gasteiger partial charge in [0.2, 0.25) is 0 Å². The van der Waals surface area contributed by atoms with Crippen LogP contribution in [-0.2, 0) is 14.3 Å². The van der Waals surface area contributed by atoms with Crippen LogP contribution in [0.3, 0.4) is 0 Å². The molecule has 1 heterocycles. The SMILES string of the molecule is C[C@H]1O[C@@H](OC[C@H](O)[C@H](O)[C@H](O)[C@H](O)C=O)[C@@H](O)[C@@H](O)[C@H]1O. The average molecular weight is 326 g/mol. The first-order valence-corrected chi connectivity index (χ1v) is 6.69. The van der Waals surface area contributed by atoms with E-state index in [1.54, 1.807) is 0 Å². The Kier molecular flexibility index (Phi) is 7.25. The summed E-state index contributed by atoms with van der Waals surface area (Å²) in [6, 6.07) is 0. The fourth-order valence-corrected chi connectivity index (χ4v) is 1.95. The van der Waals surface area contributed by atoms with E-state index in [1.165, 1.54) is 6.92 Å². The van der Waals surface area contributed by atoms with Gasteiger partial charge in [-0.15, -0.1) is 0 Å². The molecule has 1 aliphatic heterocycles. The van der Waals surface area contributed by atoms with E-state index in [2.05, 4.69) is 0 Å². The minimum absolute atomic E-state index is 0.00507. The molecular formula is C12H22O10. The second-order valence-corrected chi connectivity index (χ2v) is 5.19. The summed E-state index contributed by atoms with van der Waals surface area (Å²) in [5.74, 6) is 0. The van der Waals surface area contributed by atoms with Crippen LogP contribution in [0, 0.1) is 0 Å². The summed E-state index contributed by atoms with van der Waals surface area (Å²) in [6.45, 7) is 0.812. The van der Waals surface area contributed by atoms with Crippen molar-refractivity contribution < 1.29 is 50.0 Å². The Morgan fingerprint density at radius 2 is 1.64 bits per heavy atom. The first-order chi connectivity index (χ1) is 10.2. The van der Waals surface area contributed by atoms with Gasteiger partial charge in [-0.25, -0.2) is 0 Å². The van der Waals surface area contributed by atoms with Crippen LogP contribution in [0.5, 0.6) is 0 Å². The maximum absolute atomic E-state index is 10.3. The van der Waals surface area contributed by atoms with Crippen molar-refractivity contribution in [1.82, 2.24) is 0 Å². The molecule has 1 saturated heterocycles. The Hall–Kier alpha value is -0.690. The predicted molar refractivity (Wildman–Crippen MR) is 68.4 cm³/mol. The second-order valence-electron chi connectivity index (χ2n) is 5.19. The largest absolute Gasteiger partial charge is 0.388 e. The fourth-order valence-electron chi connectivity index (χ4n) is 1.95. The van der Waals surface area contributed by atoms with Crippen LogP contribution >= 0.6 is 0 Å². The fraction of sp³-hybridized carbons (Fsp3) is 0.917. The second kappa shape index (κ2) is 8.24. The highest BCUT2D eigenvalue weighted by Crippen LogP contribution is 2.22. The van der Waals surface area contributed by atoms with E-state index in [1.807, 2.05) is 0 Å². The molecule has 0 radical (unpaired) electrons. The zero-order chi connectivity index (χ0) is 17.0. The molecular weight excluding hydrogens is 304 g/mol. The van der Waals surface area contributed by atoms with Gasteiger partial charge in [0.05, 0.1) is 12.7 Å². The molecule has 1 fully saturated rings. The summed E-state index contributed by atoms with van der Waals surface area (Å²) in [6.07, 6.45) is -14.0. The van der Waals surface area contributed by atoms with Crippen molar-refractivity contribution in [3.63, 3.8) is 0 Å². The van der Waals surface area contributed by atoms with Crippen molar-refractivity contribution in [1.29, 1.82) is 0 Å². The molecule has 9 atom stereocenters. The Morgan fingerprint density at radius 1 is 1.05 bits per heavy atom. The normalized spacial score (nSPS) is 38.1. The minimum Gasteiger partial charge on any atom is -0.388 e. The molecule has 0 saturated carbocycles. The molecule has 0 aromatic carbocycles. The van der Waals surface area contributed by atoms with Crippen LogP contribution in [0.15, 0.2) is 0 Å². The Morgan fingerprint density at radius 3 is 2.18 bits per heavy atom. The molecule has 0 spiro atoms. The molecule has 130 valence electrons. The zero-order valence-corrected chi connectivity index (χ0v) is 11.8. The highest BCUT2D eigenvalue weighted by molar-refractivity contribution is 5.56.